The molecule has 1 fully saturated rings. The van der Waals surface area contributed by atoms with Crippen molar-refractivity contribution in [2.45, 2.75) is 51.4 Å². The zero-order valence-electron chi connectivity index (χ0n) is 12.4. The third-order valence-electron chi connectivity index (χ3n) is 3.40. The predicted octanol–water partition coefficient (Wildman–Crippen LogP) is 4.23. The van der Waals surface area contributed by atoms with Gasteiger partial charge < -0.3 is 4.74 Å². The third kappa shape index (κ3) is 3.11. The van der Waals surface area contributed by atoms with Gasteiger partial charge in [-0.25, -0.2) is 9.18 Å². The van der Waals surface area contributed by atoms with Gasteiger partial charge in [0.15, 0.2) is 0 Å². The van der Waals surface area contributed by atoms with Gasteiger partial charge in [0.25, 0.3) is 0 Å². The highest BCUT2D eigenvalue weighted by atomic mass is 19.1. The van der Waals surface area contributed by atoms with Crippen LogP contribution in [0.25, 0.3) is 0 Å². The van der Waals surface area contributed by atoms with Gasteiger partial charge >= 0.3 is 6.09 Å². The van der Waals surface area contributed by atoms with Crippen LogP contribution in [0.1, 0.15) is 45.6 Å². The van der Waals surface area contributed by atoms with E-state index in [0.29, 0.717) is 18.5 Å². The van der Waals surface area contributed by atoms with Crippen molar-refractivity contribution in [3.05, 3.63) is 35.9 Å². The second-order valence-electron chi connectivity index (χ2n) is 6.21. The molecule has 1 aliphatic rings. The number of nitrogens with zero attached hydrogens (tertiary/aromatic N) is 1. The van der Waals surface area contributed by atoms with Crippen LogP contribution in [0.4, 0.5) is 9.18 Å². The fraction of sp³-hybridized carbons (Fsp3) is 0.562. The average Bonchev–Trinajstić information content (AvgIpc) is 2.38. The number of carbonyl (C=O) groups excluding carboxylic acids is 1. The Bertz CT molecular complexity index is 469. The molecule has 110 valence electrons. The number of piperidine rings is 1. The zero-order valence-corrected chi connectivity index (χ0v) is 12.4. The van der Waals surface area contributed by atoms with Crippen molar-refractivity contribution in [2.75, 3.05) is 6.54 Å². The second-order valence-corrected chi connectivity index (χ2v) is 6.21. The van der Waals surface area contributed by atoms with E-state index in [1.54, 1.807) is 45.0 Å². The van der Waals surface area contributed by atoms with E-state index in [2.05, 4.69) is 0 Å². The Balaban J connectivity index is 2.27. The molecule has 1 heterocycles. The molecule has 0 N–H and O–H groups in total. The van der Waals surface area contributed by atoms with Crippen molar-refractivity contribution in [3.8, 4) is 0 Å². The molecule has 1 atom stereocenters. The first-order valence-corrected chi connectivity index (χ1v) is 7.08. The van der Waals surface area contributed by atoms with Gasteiger partial charge in [0, 0.05) is 18.5 Å². The van der Waals surface area contributed by atoms with Crippen LogP contribution in [-0.2, 0) is 10.5 Å². The number of hydrogen-bond donors (Lipinski definition) is 0. The van der Waals surface area contributed by atoms with E-state index in [-0.39, 0.29) is 0 Å². The molecule has 1 amide bonds. The van der Waals surface area contributed by atoms with Crippen LogP contribution < -0.4 is 0 Å². The summed E-state index contributed by atoms with van der Waals surface area (Å²) in [5, 5.41) is 0. The summed E-state index contributed by atoms with van der Waals surface area (Å²) in [6.45, 7) is 5.76. The van der Waals surface area contributed by atoms with Crippen LogP contribution in [0.2, 0.25) is 0 Å². The smallest absolute Gasteiger partial charge is 0.413 e. The molecule has 1 unspecified atom stereocenters. The Hall–Kier alpha value is -1.58. The first-order chi connectivity index (χ1) is 9.33. The number of rotatable bonds is 1. The number of alkyl halides is 1. The van der Waals surface area contributed by atoms with E-state index >= 15 is 4.39 Å². The fourth-order valence-electron chi connectivity index (χ4n) is 2.49. The van der Waals surface area contributed by atoms with E-state index in [9.17, 15) is 4.79 Å². The maximum absolute atomic E-state index is 15.4. The monoisotopic (exact) mass is 279 g/mol. The molecule has 0 aliphatic carbocycles. The van der Waals surface area contributed by atoms with Gasteiger partial charge in [0.2, 0.25) is 5.79 Å². The predicted molar refractivity (Wildman–Crippen MR) is 76.0 cm³/mol. The lowest BCUT2D eigenvalue weighted by atomic mass is 9.93. The third-order valence-corrected chi connectivity index (χ3v) is 3.40. The van der Waals surface area contributed by atoms with E-state index in [0.717, 1.165) is 12.8 Å². The molecule has 20 heavy (non-hydrogen) atoms. The van der Waals surface area contributed by atoms with Crippen LogP contribution in [0.15, 0.2) is 30.3 Å². The van der Waals surface area contributed by atoms with Crippen LogP contribution >= 0.6 is 0 Å². The highest BCUT2D eigenvalue weighted by Gasteiger charge is 2.45. The number of hydrogen-bond acceptors (Lipinski definition) is 2. The summed E-state index contributed by atoms with van der Waals surface area (Å²) in [4.78, 5) is 13.5. The maximum atomic E-state index is 15.4. The quantitative estimate of drug-likeness (QED) is 0.720. The molecule has 1 aliphatic heterocycles. The Morgan fingerprint density at radius 2 is 1.90 bits per heavy atom. The minimum Gasteiger partial charge on any atom is -0.444 e. The minimum absolute atomic E-state index is 0.316. The summed E-state index contributed by atoms with van der Waals surface area (Å²) >= 11 is 0. The fourth-order valence-corrected chi connectivity index (χ4v) is 2.49. The van der Waals surface area contributed by atoms with Gasteiger partial charge in [-0.1, -0.05) is 30.3 Å². The molecule has 0 aromatic heterocycles. The van der Waals surface area contributed by atoms with Gasteiger partial charge in [0.1, 0.15) is 5.60 Å². The Morgan fingerprint density at radius 1 is 1.25 bits per heavy atom. The van der Waals surface area contributed by atoms with Crippen molar-refractivity contribution in [1.29, 1.82) is 0 Å². The zero-order chi connectivity index (χ0) is 14.8. The number of ether oxygens (including phenoxy) is 1. The van der Waals surface area contributed by atoms with Gasteiger partial charge in [-0.2, -0.15) is 0 Å². The summed E-state index contributed by atoms with van der Waals surface area (Å²) in [6.07, 6.45) is 1.31. The first kappa shape index (κ1) is 14.8. The van der Waals surface area contributed by atoms with Crippen molar-refractivity contribution in [1.82, 2.24) is 4.90 Å². The number of likely N-dealkylation sites (tertiary alicyclic amines) is 1. The Morgan fingerprint density at radius 3 is 2.50 bits per heavy atom. The van der Waals surface area contributed by atoms with Gasteiger partial charge in [-0.15, -0.1) is 0 Å². The molecule has 0 radical (unpaired) electrons. The SMILES string of the molecule is CC(C)(C)OC(=O)N1CCCCC1(F)c1ccccc1. The van der Waals surface area contributed by atoms with E-state index in [1.807, 2.05) is 6.07 Å². The van der Waals surface area contributed by atoms with Crippen molar-refractivity contribution in [2.24, 2.45) is 0 Å². The van der Waals surface area contributed by atoms with Gasteiger partial charge in [-0.05, 0) is 33.6 Å². The number of amides is 1. The molecular weight excluding hydrogens is 257 g/mol. The lowest BCUT2D eigenvalue weighted by Crippen LogP contribution is -2.51. The molecule has 0 saturated carbocycles. The van der Waals surface area contributed by atoms with Crippen LogP contribution in [0, 0.1) is 0 Å². The lowest BCUT2D eigenvalue weighted by Gasteiger charge is -2.41. The normalized spacial score (nSPS) is 23.5. The summed E-state index contributed by atoms with van der Waals surface area (Å²) < 4.78 is 20.8. The maximum Gasteiger partial charge on any atom is 0.413 e. The van der Waals surface area contributed by atoms with Crippen molar-refractivity contribution < 1.29 is 13.9 Å². The number of halogens is 1. The van der Waals surface area contributed by atoms with Crippen LogP contribution in [-0.4, -0.2) is 23.1 Å². The van der Waals surface area contributed by atoms with Crippen molar-refractivity contribution in [3.63, 3.8) is 0 Å². The molecular formula is C16H22FNO2. The molecule has 1 saturated heterocycles. The largest absolute Gasteiger partial charge is 0.444 e. The lowest BCUT2D eigenvalue weighted by molar-refractivity contribution is -0.0773. The second kappa shape index (κ2) is 5.43. The Kier molecular flexibility index (Phi) is 4.02. The molecule has 0 bridgehead atoms. The summed E-state index contributed by atoms with van der Waals surface area (Å²) in [5.74, 6) is -1.76. The summed E-state index contributed by atoms with van der Waals surface area (Å²) in [7, 11) is 0. The van der Waals surface area contributed by atoms with E-state index in [1.165, 1.54) is 4.90 Å². The van der Waals surface area contributed by atoms with Crippen LogP contribution in [0.3, 0.4) is 0 Å². The van der Waals surface area contributed by atoms with Crippen molar-refractivity contribution >= 4 is 6.09 Å². The standard InChI is InChI=1S/C16H22FNO2/c1-15(2,3)20-14(19)18-12-8-7-11-16(18,17)13-9-5-4-6-10-13/h4-6,9-10H,7-8,11-12H2,1-3H3. The minimum atomic E-state index is -1.76. The Labute approximate surface area is 119 Å². The highest BCUT2D eigenvalue weighted by Crippen LogP contribution is 2.39. The number of benzene rings is 1. The molecule has 0 spiro atoms. The molecule has 4 heteroatoms. The average molecular weight is 279 g/mol. The van der Waals surface area contributed by atoms with Gasteiger partial charge in [0.05, 0.1) is 0 Å². The number of carbonyl (C=O) groups is 1. The molecule has 2 rings (SSSR count). The molecule has 3 nitrogen and oxygen atoms in total. The summed E-state index contributed by atoms with van der Waals surface area (Å²) in [6, 6.07) is 8.87. The van der Waals surface area contributed by atoms with Gasteiger partial charge in [-0.3, -0.25) is 4.90 Å². The highest BCUT2D eigenvalue weighted by molar-refractivity contribution is 5.69. The van der Waals surface area contributed by atoms with E-state index < -0.39 is 17.5 Å². The van der Waals surface area contributed by atoms with E-state index in [4.69, 9.17) is 4.74 Å². The summed E-state index contributed by atoms with van der Waals surface area (Å²) in [5.41, 5.74) is -0.0999. The van der Waals surface area contributed by atoms with Crippen LogP contribution in [0.5, 0.6) is 0 Å². The topological polar surface area (TPSA) is 29.5 Å². The molecule has 1 aromatic carbocycles. The first-order valence-electron chi connectivity index (χ1n) is 7.08. The molecule has 1 aromatic rings.